The number of morpholine rings is 1. The summed E-state index contributed by atoms with van der Waals surface area (Å²) < 4.78 is 32.7. The van der Waals surface area contributed by atoms with E-state index in [0.717, 1.165) is 30.8 Å². The molecule has 5 nitrogen and oxygen atoms in total. The predicted octanol–water partition coefficient (Wildman–Crippen LogP) is 3.97. The lowest BCUT2D eigenvalue weighted by Crippen LogP contribution is -2.46. The van der Waals surface area contributed by atoms with E-state index in [1.807, 2.05) is 24.3 Å². The Morgan fingerprint density at radius 2 is 1.93 bits per heavy atom. The van der Waals surface area contributed by atoms with E-state index >= 15 is 0 Å². The molecule has 2 N–H and O–H groups in total. The highest BCUT2D eigenvalue weighted by Gasteiger charge is 2.23. The minimum Gasteiger partial charge on any atom is -0.379 e. The average Bonchev–Trinajstić information content (AvgIpc) is 2.73. The minimum atomic E-state index is -0.473. The van der Waals surface area contributed by atoms with Crippen LogP contribution in [0.5, 0.6) is 0 Å². The van der Waals surface area contributed by atoms with E-state index in [4.69, 9.17) is 16.3 Å². The van der Waals surface area contributed by atoms with Gasteiger partial charge in [0.1, 0.15) is 11.6 Å². The van der Waals surface area contributed by atoms with Crippen LogP contribution >= 0.6 is 35.6 Å². The van der Waals surface area contributed by atoms with Crippen molar-refractivity contribution in [2.45, 2.75) is 12.6 Å². The lowest BCUT2D eigenvalue weighted by atomic mass is 10.0. The average molecular weight is 551 g/mol. The van der Waals surface area contributed by atoms with Gasteiger partial charge in [-0.25, -0.2) is 8.78 Å². The maximum atomic E-state index is 13.8. The number of halogens is 4. The summed E-state index contributed by atoms with van der Waals surface area (Å²) in [4.78, 5) is 6.53. The molecule has 2 aromatic rings. The fraction of sp³-hybridized carbons (Fsp3) is 0.381. The molecule has 1 saturated heterocycles. The maximum absolute atomic E-state index is 13.8. The van der Waals surface area contributed by atoms with E-state index in [1.165, 1.54) is 6.07 Å². The molecule has 0 aromatic heterocycles. The van der Waals surface area contributed by atoms with Crippen LogP contribution in [0.3, 0.4) is 0 Å². The molecule has 3 rings (SSSR count). The standard InChI is InChI=1S/C21H25ClF2N4O.HI/c1-25-21(26-13-16-12-18(23)5-6-19(16)24)27-14-20(28-7-9-29-10-8-28)15-3-2-4-17(22)11-15;/h2-6,11-12,20H,7-10,13-14H2,1H3,(H2,25,26,27);1H. The molecule has 1 atom stereocenters. The first-order chi connectivity index (χ1) is 14.1. The monoisotopic (exact) mass is 550 g/mol. The van der Waals surface area contributed by atoms with Crippen LogP contribution in [0.4, 0.5) is 8.78 Å². The molecule has 1 aliphatic heterocycles. The van der Waals surface area contributed by atoms with Crippen molar-refractivity contribution in [3.8, 4) is 0 Å². The van der Waals surface area contributed by atoms with Crippen LogP contribution in [0, 0.1) is 11.6 Å². The van der Waals surface area contributed by atoms with Gasteiger partial charge in [-0.3, -0.25) is 9.89 Å². The lowest BCUT2D eigenvalue weighted by Gasteiger charge is -2.35. The van der Waals surface area contributed by atoms with E-state index in [9.17, 15) is 8.78 Å². The van der Waals surface area contributed by atoms with Gasteiger partial charge in [0.15, 0.2) is 5.96 Å². The molecule has 0 spiro atoms. The largest absolute Gasteiger partial charge is 0.379 e. The third-order valence-electron chi connectivity index (χ3n) is 4.86. The van der Waals surface area contributed by atoms with Gasteiger partial charge in [-0.1, -0.05) is 23.7 Å². The highest BCUT2D eigenvalue weighted by atomic mass is 127. The first-order valence-corrected chi connectivity index (χ1v) is 9.90. The molecule has 0 bridgehead atoms. The summed E-state index contributed by atoms with van der Waals surface area (Å²) in [6.45, 7) is 3.71. The molecule has 1 fully saturated rings. The summed E-state index contributed by atoms with van der Waals surface area (Å²) in [6, 6.07) is 11.3. The molecule has 1 unspecified atom stereocenters. The van der Waals surface area contributed by atoms with Crippen molar-refractivity contribution in [3.05, 3.63) is 70.2 Å². The van der Waals surface area contributed by atoms with Crippen LogP contribution in [0.15, 0.2) is 47.5 Å². The van der Waals surface area contributed by atoms with Crippen LogP contribution < -0.4 is 10.6 Å². The summed E-state index contributed by atoms with van der Waals surface area (Å²) in [6.07, 6.45) is 0. The van der Waals surface area contributed by atoms with Crippen LogP contribution in [0.1, 0.15) is 17.2 Å². The zero-order chi connectivity index (χ0) is 20.6. The predicted molar refractivity (Wildman–Crippen MR) is 127 cm³/mol. The minimum absolute atomic E-state index is 0. The number of rotatable bonds is 6. The van der Waals surface area contributed by atoms with Crippen molar-refractivity contribution in [1.82, 2.24) is 15.5 Å². The molecule has 0 amide bonds. The van der Waals surface area contributed by atoms with Crippen LogP contribution in [0.2, 0.25) is 5.02 Å². The van der Waals surface area contributed by atoms with E-state index in [-0.39, 0.29) is 42.1 Å². The number of benzene rings is 2. The molecule has 1 aliphatic rings. The third-order valence-corrected chi connectivity index (χ3v) is 5.10. The van der Waals surface area contributed by atoms with Crippen LogP contribution in [-0.4, -0.2) is 50.8 Å². The summed E-state index contributed by atoms with van der Waals surface area (Å²) in [5.74, 6) is -0.423. The SMILES string of the molecule is CN=C(NCc1cc(F)ccc1F)NCC(c1cccc(Cl)c1)N1CCOCC1.I. The number of guanidine groups is 1. The first kappa shape index (κ1) is 24.8. The van der Waals surface area contributed by atoms with Gasteiger partial charge in [-0.05, 0) is 35.9 Å². The van der Waals surface area contributed by atoms with Gasteiger partial charge >= 0.3 is 0 Å². The fourth-order valence-electron chi connectivity index (χ4n) is 3.33. The van der Waals surface area contributed by atoms with E-state index in [0.29, 0.717) is 30.7 Å². The highest BCUT2D eigenvalue weighted by Crippen LogP contribution is 2.24. The maximum Gasteiger partial charge on any atom is 0.191 e. The van der Waals surface area contributed by atoms with Gasteiger partial charge in [-0.2, -0.15) is 0 Å². The van der Waals surface area contributed by atoms with Gasteiger partial charge in [0.05, 0.1) is 19.3 Å². The van der Waals surface area contributed by atoms with Gasteiger partial charge in [0.25, 0.3) is 0 Å². The van der Waals surface area contributed by atoms with E-state index in [2.05, 4.69) is 20.5 Å². The Balaban J connectivity index is 0.00000320. The summed E-state index contributed by atoms with van der Waals surface area (Å²) >= 11 is 6.20. The zero-order valence-corrected chi connectivity index (χ0v) is 19.8. The second-order valence-corrected chi connectivity index (χ2v) is 7.20. The Kier molecular flexibility index (Phi) is 10.2. The molecule has 1 heterocycles. The van der Waals surface area contributed by atoms with Crippen LogP contribution in [0.25, 0.3) is 0 Å². The van der Waals surface area contributed by atoms with Crippen LogP contribution in [-0.2, 0) is 11.3 Å². The lowest BCUT2D eigenvalue weighted by molar-refractivity contribution is 0.0170. The molecule has 164 valence electrons. The Morgan fingerprint density at radius 3 is 2.63 bits per heavy atom. The Hall–Kier alpha value is -1.49. The Labute approximate surface area is 197 Å². The Morgan fingerprint density at radius 1 is 1.17 bits per heavy atom. The summed E-state index contributed by atoms with van der Waals surface area (Å²) in [7, 11) is 1.64. The van der Waals surface area contributed by atoms with Crippen molar-refractivity contribution in [2.24, 2.45) is 4.99 Å². The number of nitrogens with zero attached hydrogens (tertiary/aromatic N) is 2. The van der Waals surface area contributed by atoms with Crippen molar-refractivity contribution < 1.29 is 13.5 Å². The molecule has 0 radical (unpaired) electrons. The number of hydrogen-bond donors (Lipinski definition) is 2. The van der Waals surface area contributed by atoms with Crippen molar-refractivity contribution in [1.29, 1.82) is 0 Å². The van der Waals surface area contributed by atoms with E-state index < -0.39 is 11.6 Å². The molecule has 9 heteroatoms. The highest BCUT2D eigenvalue weighted by molar-refractivity contribution is 14.0. The fourth-order valence-corrected chi connectivity index (χ4v) is 3.53. The van der Waals surface area contributed by atoms with Crippen molar-refractivity contribution in [2.75, 3.05) is 39.9 Å². The zero-order valence-electron chi connectivity index (χ0n) is 16.7. The molecule has 2 aromatic carbocycles. The first-order valence-electron chi connectivity index (χ1n) is 9.52. The van der Waals surface area contributed by atoms with Gasteiger partial charge in [0.2, 0.25) is 0 Å². The smallest absolute Gasteiger partial charge is 0.191 e. The normalized spacial score (nSPS) is 15.9. The number of ether oxygens (including phenoxy) is 1. The summed E-state index contributed by atoms with van der Waals surface area (Å²) in [5, 5.41) is 7.01. The Bertz CT molecular complexity index is 850. The van der Waals surface area contributed by atoms with Crippen molar-refractivity contribution >= 4 is 41.5 Å². The van der Waals surface area contributed by atoms with Gasteiger partial charge in [0, 0.05) is 43.8 Å². The number of nitrogens with one attached hydrogen (secondary N) is 2. The van der Waals surface area contributed by atoms with E-state index in [1.54, 1.807) is 7.05 Å². The second-order valence-electron chi connectivity index (χ2n) is 6.76. The molecular weight excluding hydrogens is 525 g/mol. The van der Waals surface area contributed by atoms with Gasteiger partial charge in [-0.15, -0.1) is 24.0 Å². The quantitative estimate of drug-likeness (QED) is 0.325. The molecule has 0 aliphatic carbocycles. The van der Waals surface area contributed by atoms with Gasteiger partial charge < -0.3 is 15.4 Å². The second kappa shape index (κ2) is 12.4. The number of hydrogen-bond acceptors (Lipinski definition) is 3. The van der Waals surface area contributed by atoms with Crippen molar-refractivity contribution in [3.63, 3.8) is 0 Å². The topological polar surface area (TPSA) is 48.9 Å². The summed E-state index contributed by atoms with van der Waals surface area (Å²) in [5.41, 5.74) is 1.34. The molecule has 30 heavy (non-hydrogen) atoms. The number of aliphatic imine (C=N–C) groups is 1. The molecular formula is C21H26ClF2IN4O. The molecule has 0 saturated carbocycles. The third kappa shape index (κ3) is 7.04.